The summed E-state index contributed by atoms with van der Waals surface area (Å²) in [6, 6.07) is 2.64. The molecule has 0 fully saturated rings. The fourth-order valence-corrected chi connectivity index (χ4v) is 2.69. The lowest BCUT2D eigenvalue weighted by Gasteiger charge is -2.12. The van der Waals surface area contributed by atoms with Crippen molar-refractivity contribution in [2.75, 3.05) is 7.11 Å². The summed E-state index contributed by atoms with van der Waals surface area (Å²) in [7, 11) is 1.55. The minimum absolute atomic E-state index is 0.00383. The van der Waals surface area contributed by atoms with Gasteiger partial charge in [0, 0.05) is 22.9 Å². The largest absolute Gasteiger partial charge is 0.496 e. The van der Waals surface area contributed by atoms with Crippen molar-refractivity contribution >= 4 is 22.8 Å². The number of carbonyl (C=O) groups is 2. The van der Waals surface area contributed by atoms with E-state index >= 15 is 0 Å². The number of carbonyl (C=O) groups excluding carboxylic acids is 1. The third-order valence-electron chi connectivity index (χ3n) is 4.22. The number of hydrogen-bond acceptors (Lipinski definition) is 5. The molecule has 0 spiro atoms. The standard InChI is InChI=1S/C18H21NO6/c1-9-12-5-7-14(24-4)10(2)16(12)25-18(23)13(9)6-8-15(20)19-11(3)17(21)22/h5,7,11H,6,8H2,1-4H3,(H,19,20)(H,21,22). The number of methoxy groups -OCH3 is 1. The normalized spacial score (nSPS) is 12.0. The molecule has 0 saturated carbocycles. The highest BCUT2D eigenvalue weighted by molar-refractivity contribution is 5.86. The van der Waals surface area contributed by atoms with E-state index in [2.05, 4.69) is 5.32 Å². The monoisotopic (exact) mass is 347 g/mol. The summed E-state index contributed by atoms with van der Waals surface area (Å²) in [6.45, 7) is 4.99. The van der Waals surface area contributed by atoms with E-state index < -0.39 is 23.5 Å². The van der Waals surface area contributed by atoms with Crippen molar-refractivity contribution < 1.29 is 23.8 Å². The van der Waals surface area contributed by atoms with E-state index in [-0.39, 0.29) is 12.8 Å². The molecular weight excluding hydrogens is 326 g/mol. The molecule has 7 nitrogen and oxygen atoms in total. The zero-order valence-electron chi connectivity index (χ0n) is 14.6. The molecule has 1 aromatic carbocycles. The third kappa shape index (κ3) is 3.81. The van der Waals surface area contributed by atoms with E-state index in [1.54, 1.807) is 20.1 Å². The van der Waals surface area contributed by atoms with Crippen LogP contribution in [0.25, 0.3) is 11.0 Å². The lowest BCUT2D eigenvalue weighted by molar-refractivity contribution is -0.141. The van der Waals surface area contributed by atoms with Crippen LogP contribution in [0.4, 0.5) is 0 Å². The lowest BCUT2D eigenvalue weighted by Crippen LogP contribution is -2.38. The van der Waals surface area contributed by atoms with Crippen LogP contribution in [0.2, 0.25) is 0 Å². The molecule has 0 aliphatic carbocycles. The maximum Gasteiger partial charge on any atom is 0.339 e. The summed E-state index contributed by atoms with van der Waals surface area (Å²) < 4.78 is 10.7. The molecule has 1 aromatic heterocycles. The Morgan fingerprint density at radius 2 is 1.96 bits per heavy atom. The van der Waals surface area contributed by atoms with Crippen LogP contribution in [0.1, 0.15) is 30.0 Å². The average molecular weight is 347 g/mol. The Kier molecular flexibility index (Phi) is 5.46. The molecule has 0 aliphatic heterocycles. The lowest BCUT2D eigenvalue weighted by atomic mass is 10.00. The molecule has 0 saturated heterocycles. The molecule has 2 N–H and O–H groups in total. The second kappa shape index (κ2) is 7.38. The number of hydrogen-bond donors (Lipinski definition) is 2. The number of rotatable bonds is 6. The van der Waals surface area contributed by atoms with E-state index in [9.17, 15) is 14.4 Å². The van der Waals surface area contributed by atoms with Gasteiger partial charge in [-0.3, -0.25) is 9.59 Å². The molecule has 1 unspecified atom stereocenters. The maximum absolute atomic E-state index is 12.3. The van der Waals surface area contributed by atoms with Gasteiger partial charge >= 0.3 is 11.6 Å². The second-order valence-electron chi connectivity index (χ2n) is 5.89. The van der Waals surface area contributed by atoms with Crippen LogP contribution in [0.5, 0.6) is 5.75 Å². The Balaban J connectivity index is 2.29. The average Bonchev–Trinajstić information content (AvgIpc) is 2.55. The van der Waals surface area contributed by atoms with Crippen LogP contribution >= 0.6 is 0 Å². The van der Waals surface area contributed by atoms with Gasteiger partial charge in [-0.25, -0.2) is 4.79 Å². The van der Waals surface area contributed by atoms with Gasteiger partial charge in [-0.2, -0.15) is 0 Å². The Hall–Kier alpha value is -2.83. The van der Waals surface area contributed by atoms with Gasteiger partial charge in [-0.05, 0) is 44.9 Å². The van der Waals surface area contributed by atoms with E-state index in [4.69, 9.17) is 14.3 Å². The number of fused-ring (bicyclic) bond motifs is 1. The van der Waals surface area contributed by atoms with E-state index in [1.807, 2.05) is 13.0 Å². The first-order chi connectivity index (χ1) is 11.8. The van der Waals surface area contributed by atoms with Gasteiger partial charge in [0.25, 0.3) is 0 Å². The topological polar surface area (TPSA) is 106 Å². The van der Waals surface area contributed by atoms with Gasteiger partial charge in [-0.15, -0.1) is 0 Å². The second-order valence-corrected chi connectivity index (χ2v) is 5.89. The molecule has 0 aliphatic rings. The summed E-state index contributed by atoms with van der Waals surface area (Å²) in [5, 5.41) is 11.9. The van der Waals surface area contributed by atoms with Gasteiger partial charge in [0.15, 0.2) is 0 Å². The molecule has 134 valence electrons. The van der Waals surface area contributed by atoms with Crippen molar-refractivity contribution in [3.63, 3.8) is 0 Å². The number of carboxylic acids is 1. The number of aryl methyl sites for hydroxylation is 2. The van der Waals surface area contributed by atoms with Crippen molar-refractivity contribution in [1.29, 1.82) is 0 Å². The van der Waals surface area contributed by atoms with E-state index in [1.165, 1.54) is 6.92 Å². The fraction of sp³-hybridized carbons (Fsp3) is 0.389. The van der Waals surface area contributed by atoms with Gasteiger partial charge in [0.1, 0.15) is 17.4 Å². The molecule has 1 heterocycles. The SMILES string of the molecule is COc1ccc2c(C)c(CCC(=O)NC(C)C(=O)O)c(=O)oc2c1C. The minimum atomic E-state index is -1.11. The van der Waals surface area contributed by atoms with Gasteiger partial charge in [-0.1, -0.05) is 0 Å². The highest BCUT2D eigenvalue weighted by Gasteiger charge is 2.18. The van der Waals surface area contributed by atoms with Crippen LogP contribution in [-0.4, -0.2) is 30.1 Å². The fourth-order valence-electron chi connectivity index (χ4n) is 2.69. The van der Waals surface area contributed by atoms with E-state index in [0.29, 0.717) is 16.9 Å². The summed E-state index contributed by atoms with van der Waals surface area (Å²) in [6.07, 6.45) is 0.178. The Bertz CT molecular complexity index is 883. The molecule has 2 aromatic rings. The number of nitrogens with one attached hydrogen (secondary N) is 1. The van der Waals surface area contributed by atoms with Crippen LogP contribution in [-0.2, 0) is 16.0 Å². The van der Waals surface area contributed by atoms with Crippen molar-refractivity contribution in [3.05, 3.63) is 39.2 Å². The molecule has 0 bridgehead atoms. The first-order valence-electron chi connectivity index (χ1n) is 7.88. The predicted molar refractivity (Wildman–Crippen MR) is 92.1 cm³/mol. The molecule has 1 atom stereocenters. The highest BCUT2D eigenvalue weighted by Crippen LogP contribution is 2.29. The summed E-state index contributed by atoms with van der Waals surface area (Å²) >= 11 is 0. The molecule has 1 amide bonds. The first-order valence-corrected chi connectivity index (χ1v) is 7.88. The Morgan fingerprint density at radius 3 is 2.56 bits per heavy atom. The number of ether oxygens (including phenoxy) is 1. The Morgan fingerprint density at radius 1 is 1.28 bits per heavy atom. The first kappa shape index (κ1) is 18.5. The quantitative estimate of drug-likeness (QED) is 0.774. The van der Waals surface area contributed by atoms with Gasteiger partial charge < -0.3 is 19.6 Å². The number of aliphatic carboxylic acids is 1. The van der Waals surface area contributed by atoms with Gasteiger partial charge in [0.2, 0.25) is 5.91 Å². The van der Waals surface area contributed by atoms with Crippen molar-refractivity contribution in [2.45, 2.75) is 39.7 Å². The minimum Gasteiger partial charge on any atom is -0.496 e. The number of benzene rings is 1. The van der Waals surface area contributed by atoms with Crippen molar-refractivity contribution in [3.8, 4) is 5.75 Å². The Labute approximate surface area is 144 Å². The smallest absolute Gasteiger partial charge is 0.339 e. The van der Waals surface area contributed by atoms with Crippen LogP contribution in [0, 0.1) is 13.8 Å². The molecule has 0 radical (unpaired) electrons. The zero-order valence-corrected chi connectivity index (χ0v) is 14.6. The number of amides is 1. The van der Waals surface area contributed by atoms with Gasteiger partial charge in [0.05, 0.1) is 7.11 Å². The molecule has 2 rings (SSSR count). The summed E-state index contributed by atoms with van der Waals surface area (Å²) in [4.78, 5) is 34.9. The highest BCUT2D eigenvalue weighted by atomic mass is 16.5. The summed E-state index contributed by atoms with van der Waals surface area (Å²) in [5.41, 5.74) is 1.86. The van der Waals surface area contributed by atoms with Crippen LogP contribution < -0.4 is 15.7 Å². The van der Waals surface area contributed by atoms with E-state index in [0.717, 1.165) is 16.5 Å². The molecule has 25 heavy (non-hydrogen) atoms. The van der Waals surface area contributed by atoms with Crippen molar-refractivity contribution in [2.24, 2.45) is 0 Å². The summed E-state index contributed by atoms with van der Waals surface area (Å²) in [5.74, 6) is -0.913. The third-order valence-corrected chi connectivity index (χ3v) is 4.22. The number of carboxylic acid groups (broad SMARTS) is 1. The zero-order chi connectivity index (χ0) is 18.7. The van der Waals surface area contributed by atoms with Crippen molar-refractivity contribution in [1.82, 2.24) is 5.32 Å². The van der Waals surface area contributed by atoms with Crippen LogP contribution in [0.3, 0.4) is 0 Å². The molecule has 7 heteroatoms. The molecular formula is C18H21NO6. The maximum atomic E-state index is 12.3. The van der Waals surface area contributed by atoms with Crippen LogP contribution in [0.15, 0.2) is 21.3 Å². The predicted octanol–water partition coefficient (Wildman–Crippen LogP) is 1.94.